The van der Waals surface area contributed by atoms with E-state index < -0.39 is 5.92 Å². The van der Waals surface area contributed by atoms with Gasteiger partial charge < -0.3 is 30.0 Å². The maximum Gasteiger partial charge on any atom is 0.262 e. The van der Waals surface area contributed by atoms with Crippen molar-refractivity contribution in [2.75, 3.05) is 26.1 Å². The number of nitrogens with zero attached hydrogens (tertiary/aromatic N) is 1. The van der Waals surface area contributed by atoms with Gasteiger partial charge in [-0.3, -0.25) is 9.59 Å². The van der Waals surface area contributed by atoms with E-state index in [-0.39, 0.29) is 29.8 Å². The molecule has 9 heteroatoms. The highest BCUT2D eigenvalue weighted by Gasteiger charge is 2.38. The van der Waals surface area contributed by atoms with Crippen LogP contribution in [0.25, 0.3) is 0 Å². The molecule has 2 aromatic rings. The Balaban J connectivity index is 1.54. The van der Waals surface area contributed by atoms with Gasteiger partial charge in [-0.15, -0.1) is 0 Å². The van der Waals surface area contributed by atoms with Gasteiger partial charge in [-0.05, 0) is 48.4 Å². The van der Waals surface area contributed by atoms with Crippen molar-refractivity contribution in [2.45, 2.75) is 25.2 Å². The number of hydrogen-bond acceptors (Lipinski definition) is 8. The summed E-state index contributed by atoms with van der Waals surface area (Å²) in [5.74, 6) is 0.820. The van der Waals surface area contributed by atoms with E-state index in [4.69, 9.17) is 24.7 Å². The number of hydrogen-bond donors (Lipinski definition) is 2. The summed E-state index contributed by atoms with van der Waals surface area (Å²) in [5.41, 5.74) is 7.89. The first-order valence-corrected chi connectivity index (χ1v) is 11.0. The number of nitrogens with one attached hydrogen (secondary N) is 1. The van der Waals surface area contributed by atoms with Crippen LogP contribution in [0.1, 0.15) is 30.7 Å². The van der Waals surface area contributed by atoms with E-state index in [9.17, 15) is 14.9 Å². The number of Topliss-reactive ketones (excluding diaryl/α,β-unsaturated/α-hetero) is 1. The number of allylic oxidation sites excluding steroid dienone is 3. The van der Waals surface area contributed by atoms with E-state index in [1.165, 1.54) is 7.11 Å². The summed E-state index contributed by atoms with van der Waals surface area (Å²) in [6.45, 7) is -0.247. The number of benzene rings is 2. The lowest BCUT2D eigenvalue weighted by atomic mass is 9.77. The first-order chi connectivity index (χ1) is 16.9. The van der Waals surface area contributed by atoms with E-state index in [2.05, 4.69) is 11.4 Å². The molecule has 0 spiro atoms. The average molecular weight is 476 g/mol. The highest BCUT2D eigenvalue weighted by atomic mass is 16.5. The van der Waals surface area contributed by atoms with Crippen molar-refractivity contribution in [3.63, 3.8) is 0 Å². The molecule has 180 valence electrons. The van der Waals surface area contributed by atoms with Crippen molar-refractivity contribution in [1.29, 1.82) is 5.26 Å². The van der Waals surface area contributed by atoms with Gasteiger partial charge in [0.2, 0.25) is 5.88 Å². The third-order valence-electron chi connectivity index (χ3n) is 5.86. The second kappa shape index (κ2) is 10.2. The van der Waals surface area contributed by atoms with Crippen LogP contribution in [-0.4, -0.2) is 32.5 Å². The molecule has 1 amide bonds. The zero-order chi connectivity index (χ0) is 24.9. The molecule has 0 bridgehead atoms. The summed E-state index contributed by atoms with van der Waals surface area (Å²) in [6, 6.07) is 14.1. The topological polar surface area (TPSA) is 133 Å². The largest absolute Gasteiger partial charge is 0.497 e. The number of nitriles is 1. The molecule has 2 aliphatic rings. The Bertz CT molecular complexity index is 1260. The molecule has 9 nitrogen and oxygen atoms in total. The minimum absolute atomic E-state index is 0.000413. The Labute approximate surface area is 202 Å². The van der Waals surface area contributed by atoms with Crippen LogP contribution < -0.4 is 25.3 Å². The van der Waals surface area contributed by atoms with Gasteiger partial charge in [0.1, 0.15) is 23.2 Å². The fourth-order valence-corrected chi connectivity index (χ4v) is 4.19. The number of carbonyl (C=O) groups is 2. The van der Waals surface area contributed by atoms with Crippen LogP contribution >= 0.6 is 0 Å². The first kappa shape index (κ1) is 23.7. The third kappa shape index (κ3) is 4.92. The van der Waals surface area contributed by atoms with Crippen LogP contribution in [0.2, 0.25) is 0 Å². The standard InChI is InChI=1S/C26H25N3O6/c1-32-17-9-7-16(8-10-17)29-23(31)14-34-20-11-6-15(12-22(20)33-2)24-18(13-27)26(28)35-21-5-3-4-19(30)25(21)24/h6-12,24H,3-5,14,28H2,1-2H3,(H,29,31)/t24-/m1/s1. The minimum Gasteiger partial charge on any atom is -0.497 e. The molecule has 0 saturated heterocycles. The summed E-state index contributed by atoms with van der Waals surface area (Å²) in [4.78, 5) is 25.1. The summed E-state index contributed by atoms with van der Waals surface area (Å²) < 4.78 is 21.9. The van der Waals surface area contributed by atoms with Crippen LogP contribution in [0.4, 0.5) is 5.69 Å². The molecule has 35 heavy (non-hydrogen) atoms. The van der Waals surface area contributed by atoms with Gasteiger partial charge in [0.25, 0.3) is 5.91 Å². The normalized spacial score (nSPS) is 17.2. The number of carbonyl (C=O) groups excluding carboxylic acids is 2. The lowest BCUT2D eigenvalue weighted by Gasteiger charge is -2.31. The van der Waals surface area contributed by atoms with Gasteiger partial charge in [0, 0.05) is 24.1 Å². The lowest BCUT2D eigenvalue weighted by molar-refractivity contribution is -0.118. The van der Waals surface area contributed by atoms with E-state index in [1.54, 1.807) is 49.6 Å². The fourth-order valence-electron chi connectivity index (χ4n) is 4.19. The minimum atomic E-state index is -0.655. The van der Waals surface area contributed by atoms with Gasteiger partial charge >= 0.3 is 0 Å². The second-order valence-electron chi connectivity index (χ2n) is 8.01. The number of nitrogens with two attached hydrogens (primary N) is 1. The molecule has 0 unspecified atom stereocenters. The van der Waals surface area contributed by atoms with Crippen LogP contribution in [0.3, 0.4) is 0 Å². The molecular weight excluding hydrogens is 450 g/mol. The first-order valence-electron chi connectivity index (χ1n) is 11.0. The van der Waals surface area contributed by atoms with Crippen molar-refractivity contribution in [2.24, 2.45) is 5.73 Å². The molecule has 0 saturated carbocycles. The number of ether oxygens (including phenoxy) is 4. The molecular formula is C26H25N3O6. The molecule has 3 N–H and O–H groups in total. The number of rotatable bonds is 7. The monoisotopic (exact) mass is 475 g/mol. The van der Waals surface area contributed by atoms with E-state index in [1.807, 2.05) is 0 Å². The summed E-state index contributed by atoms with van der Waals surface area (Å²) >= 11 is 0. The van der Waals surface area contributed by atoms with Gasteiger partial charge in [0.15, 0.2) is 23.9 Å². The van der Waals surface area contributed by atoms with Crippen molar-refractivity contribution >= 4 is 17.4 Å². The second-order valence-corrected chi connectivity index (χ2v) is 8.01. The zero-order valence-corrected chi connectivity index (χ0v) is 19.4. The molecule has 0 fully saturated rings. The molecule has 1 atom stereocenters. The van der Waals surface area contributed by atoms with E-state index in [0.717, 1.165) is 0 Å². The zero-order valence-electron chi connectivity index (χ0n) is 19.4. The number of ketones is 1. The van der Waals surface area contributed by atoms with Crippen LogP contribution in [0.5, 0.6) is 17.2 Å². The average Bonchev–Trinajstić information content (AvgIpc) is 2.87. The molecule has 1 aliphatic carbocycles. The van der Waals surface area contributed by atoms with Gasteiger partial charge in [-0.2, -0.15) is 5.26 Å². The molecule has 0 aromatic heterocycles. The molecule has 2 aromatic carbocycles. The predicted octanol–water partition coefficient (Wildman–Crippen LogP) is 3.54. The van der Waals surface area contributed by atoms with Gasteiger partial charge in [0.05, 0.1) is 20.1 Å². The SMILES string of the molecule is COc1ccc(NC(=O)COc2ccc([C@@H]3C(C#N)=C(N)OC4=C3C(=O)CCC4)cc2OC)cc1. The van der Waals surface area contributed by atoms with E-state index in [0.29, 0.717) is 59.1 Å². The van der Waals surface area contributed by atoms with Crippen molar-refractivity contribution < 1.29 is 28.5 Å². The lowest BCUT2D eigenvalue weighted by Crippen LogP contribution is -2.27. The quantitative estimate of drug-likeness (QED) is 0.621. The molecule has 0 radical (unpaired) electrons. The Morgan fingerprint density at radius 2 is 1.91 bits per heavy atom. The Morgan fingerprint density at radius 1 is 1.14 bits per heavy atom. The van der Waals surface area contributed by atoms with Gasteiger partial charge in [-0.25, -0.2) is 0 Å². The number of anilines is 1. The number of amides is 1. The highest BCUT2D eigenvalue weighted by molar-refractivity contribution is 5.99. The predicted molar refractivity (Wildman–Crippen MR) is 127 cm³/mol. The third-order valence-corrected chi connectivity index (χ3v) is 5.86. The maximum atomic E-state index is 12.7. The van der Waals surface area contributed by atoms with E-state index >= 15 is 0 Å². The molecule has 1 aliphatic heterocycles. The summed E-state index contributed by atoms with van der Waals surface area (Å²) in [7, 11) is 3.04. The number of methoxy groups -OCH3 is 2. The van der Waals surface area contributed by atoms with Crippen molar-refractivity contribution in [3.05, 3.63) is 70.8 Å². The smallest absolute Gasteiger partial charge is 0.262 e. The Kier molecular flexibility index (Phi) is 6.92. The van der Waals surface area contributed by atoms with Crippen molar-refractivity contribution in [3.8, 4) is 23.3 Å². The molecule has 1 heterocycles. The Hall–Kier alpha value is -4.45. The highest BCUT2D eigenvalue weighted by Crippen LogP contribution is 2.45. The Morgan fingerprint density at radius 3 is 2.60 bits per heavy atom. The van der Waals surface area contributed by atoms with Crippen molar-refractivity contribution in [1.82, 2.24) is 0 Å². The van der Waals surface area contributed by atoms with Gasteiger partial charge in [-0.1, -0.05) is 6.07 Å². The summed E-state index contributed by atoms with van der Waals surface area (Å²) in [6.07, 6.45) is 1.64. The maximum absolute atomic E-state index is 12.7. The van der Waals surface area contributed by atoms with Crippen LogP contribution in [0.15, 0.2) is 65.3 Å². The van der Waals surface area contributed by atoms with Crippen LogP contribution in [0, 0.1) is 11.3 Å². The summed E-state index contributed by atoms with van der Waals surface area (Å²) in [5, 5.41) is 12.5. The fraction of sp³-hybridized carbons (Fsp3) is 0.269. The molecule has 4 rings (SSSR count). The van der Waals surface area contributed by atoms with Crippen LogP contribution in [-0.2, 0) is 14.3 Å².